The lowest BCUT2D eigenvalue weighted by Gasteiger charge is -2.30. The summed E-state index contributed by atoms with van der Waals surface area (Å²) in [5.41, 5.74) is 2.85. The highest BCUT2D eigenvalue weighted by molar-refractivity contribution is 5.21. The van der Waals surface area contributed by atoms with E-state index in [1.807, 2.05) is 0 Å². The Morgan fingerprint density at radius 2 is 2.10 bits per heavy atom. The Morgan fingerprint density at radius 3 is 2.86 bits per heavy atom. The zero-order chi connectivity index (χ0) is 14.8. The molecule has 0 radical (unpaired) electrons. The first-order valence-corrected chi connectivity index (χ1v) is 8.93. The molecule has 2 atom stereocenters. The number of hydrogen-bond donors (Lipinski definition) is 1. The van der Waals surface area contributed by atoms with E-state index in [4.69, 9.17) is 4.98 Å². The number of hydrogen-bond acceptors (Lipinski definition) is 2. The van der Waals surface area contributed by atoms with Crippen molar-refractivity contribution in [2.75, 3.05) is 6.54 Å². The molecular weight excluding hydrogens is 258 g/mol. The van der Waals surface area contributed by atoms with Gasteiger partial charge < -0.3 is 9.88 Å². The molecule has 1 fully saturated rings. The molecule has 2 unspecified atom stereocenters. The number of nitrogens with zero attached hydrogens (tertiary/aromatic N) is 2. The largest absolute Gasteiger partial charge is 0.331 e. The van der Waals surface area contributed by atoms with Crippen molar-refractivity contribution in [3.05, 3.63) is 17.2 Å². The summed E-state index contributed by atoms with van der Waals surface area (Å²) in [6.07, 6.45) is 7.96. The van der Waals surface area contributed by atoms with Gasteiger partial charge in [-0.1, -0.05) is 40.0 Å². The molecule has 3 nitrogen and oxygen atoms in total. The van der Waals surface area contributed by atoms with Crippen LogP contribution in [0.15, 0.2) is 0 Å². The highest BCUT2D eigenvalue weighted by atomic mass is 15.1. The molecule has 1 aromatic heterocycles. The molecule has 2 heterocycles. The maximum absolute atomic E-state index is 4.98. The van der Waals surface area contributed by atoms with Gasteiger partial charge in [-0.15, -0.1) is 0 Å². The van der Waals surface area contributed by atoms with Gasteiger partial charge in [0, 0.05) is 38.2 Å². The van der Waals surface area contributed by atoms with Crippen molar-refractivity contribution in [1.82, 2.24) is 14.9 Å². The van der Waals surface area contributed by atoms with Crippen molar-refractivity contribution >= 4 is 0 Å². The molecule has 0 saturated heterocycles. The van der Waals surface area contributed by atoms with Gasteiger partial charge in [0.05, 0.1) is 5.69 Å². The van der Waals surface area contributed by atoms with Crippen LogP contribution in [0.2, 0.25) is 0 Å². The van der Waals surface area contributed by atoms with Crippen molar-refractivity contribution in [2.24, 2.45) is 17.8 Å². The monoisotopic (exact) mass is 289 g/mol. The molecule has 3 rings (SSSR count). The number of rotatable bonds is 4. The molecular formula is C18H31N3. The van der Waals surface area contributed by atoms with Crippen LogP contribution < -0.4 is 5.32 Å². The molecule has 1 aliphatic heterocycles. The Kier molecular flexibility index (Phi) is 4.68. The highest BCUT2D eigenvalue weighted by Gasteiger charge is 2.26. The summed E-state index contributed by atoms with van der Waals surface area (Å²) in [4.78, 5) is 4.98. The average molecular weight is 289 g/mol. The zero-order valence-corrected chi connectivity index (χ0v) is 14.0. The first kappa shape index (κ1) is 15.1. The minimum atomic E-state index is 0.685. The average Bonchev–Trinajstić information content (AvgIpc) is 2.78. The Bertz CT molecular complexity index is 475. The maximum atomic E-state index is 4.98. The van der Waals surface area contributed by atoms with E-state index in [2.05, 4.69) is 30.7 Å². The normalized spacial score (nSPS) is 26.1. The molecule has 1 aliphatic carbocycles. The predicted molar refractivity (Wildman–Crippen MR) is 87.3 cm³/mol. The molecule has 1 N–H and O–H groups in total. The van der Waals surface area contributed by atoms with Gasteiger partial charge in [-0.3, -0.25) is 0 Å². The molecule has 0 spiro atoms. The first-order chi connectivity index (χ1) is 10.1. The number of nitrogens with one attached hydrogen (secondary N) is 1. The van der Waals surface area contributed by atoms with Gasteiger partial charge in [-0.25, -0.2) is 4.98 Å². The van der Waals surface area contributed by atoms with Crippen LogP contribution in [0.1, 0.15) is 63.7 Å². The second-order valence-corrected chi connectivity index (χ2v) is 7.58. The van der Waals surface area contributed by atoms with Crippen molar-refractivity contribution in [3.8, 4) is 0 Å². The van der Waals surface area contributed by atoms with Crippen LogP contribution in [0, 0.1) is 17.8 Å². The molecule has 0 amide bonds. The summed E-state index contributed by atoms with van der Waals surface area (Å²) < 4.78 is 2.61. The van der Waals surface area contributed by atoms with Crippen molar-refractivity contribution in [2.45, 2.75) is 72.4 Å². The number of imidazole rings is 1. The Labute approximate surface area is 129 Å². The van der Waals surface area contributed by atoms with Gasteiger partial charge in [0.2, 0.25) is 0 Å². The summed E-state index contributed by atoms with van der Waals surface area (Å²) >= 11 is 0. The minimum absolute atomic E-state index is 0.685. The van der Waals surface area contributed by atoms with E-state index in [1.54, 1.807) is 0 Å². The number of aromatic nitrogens is 2. The summed E-state index contributed by atoms with van der Waals surface area (Å²) in [6, 6.07) is 0. The minimum Gasteiger partial charge on any atom is -0.331 e. The van der Waals surface area contributed by atoms with E-state index in [0.717, 1.165) is 37.8 Å². The van der Waals surface area contributed by atoms with Gasteiger partial charge in [0.25, 0.3) is 0 Å². The van der Waals surface area contributed by atoms with Gasteiger partial charge in [-0.2, -0.15) is 0 Å². The van der Waals surface area contributed by atoms with Gasteiger partial charge >= 0.3 is 0 Å². The summed E-state index contributed by atoms with van der Waals surface area (Å²) in [5.74, 6) is 3.77. The Morgan fingerprint density at radius 1 is 1.29 bits per heavy atom. The highest BCUT2D eigenvalue weighted by Crippen LogP contribution is 2.32. The van der Waals surface area contributed by atoms with Gasteiger partial charge in [0.1, 0.15) is 5.82 Å². The van der Waals surface area contributed by atoms with E-state index < -0.39 is 0 Å². The lowest BCUT2D eigenvalue weighted by molar-refractivity contribution is 0.224. The van der Waals surface area contributed by atoms with Crippen molar-refractivity contribution in [1.29, 1.82) is 0 Å². The third-order valence-electron chi connectivity index (χ3n) is 5.36. The molecule has 21 heavy (non-hydrogen) atoms. The van der Waals surface area contributed by atoms with E-state index in [-0.39, 0.29) is 0 Å². The predicted octanol–water partition coefficient (Wildman–Crippen LogP) is 3.55. The molecule has 0 bridgehead atoms. The zero-order valence-electron chi connectivity index (χ0n) is 14.0. The van der Waals surface area contributed by atoms with Crippen molar-refractivity contribution in [3.63, 3.8) is 0 Å². The first-order valence-electron chi connectivity index (χ1n) is 8.93. The third-order valence-corrected chi connectivity index (χ3v) is 5.36. The van der Waals surface area contributed by atoms with Gasteiger partial charge in [0.15, 0.2) is 0 Å². The van der Waals surface area contributed by atoms with Crippen LogP contribution in [0.5, 0.6) is 0 Å². The fourth-order valence-electron chi connectivity index (χ4n) is 4.06. The second kappa shape index (κ2) is 6.51. The fourth-order valence-corrected chi connectivity index (χ4v) is 4.06. The van der Waals surface area contributed by atoms with Gasteiger partial charge in [-0.05, 0) is 24.2 Å². The molecule has 1 saturated carbocycles. The molecule has 0 aromatic carbocycles. The van der Waals surface area contributed by atoms with Crippen molar-refractivity contribution < 1.29 is 0 Å². The summed E-state index contributed by atoms with van der Waals surface area (Å²) in [5, 5.41) is 3.47. The van der Waals surface area contributed by atoms with Crippen LogP contribution >= 0.6 is 0 Å². The van der Waals surface area contributed by atoms with E-state index >= 15 is 0 Å². The SMILES string of the molecule is CC(C)Cc1nc2c(n1CC1CCCCC1C)CCNC2. The van der Waals surface area contributed by atoms with Crippen LogP contribution in [-0.2, 0) is 25.9 Å². The molecule has 118 valence electrons. The lowest BCUT2D eigenvalue weighted by Crippen LogP contribution is -2.28. The maximum Gasteiger partial charge on any atom is 0.109 e. The van der Waals surface area contributed by atoms with Crippen LogP contribution in [0.4, 0.5) is 0 Å². The van der Waals surface area contributed by atoms with Crippen LogP contribution in [-0.4, -0.2) is 16.1 Å². The molecule has 3 heteroatoms. The molecule has 2 aliphatic rings. The second-order valence-electron chi connectivity index (χ2n) is 7.58. The summed E-state index contributed by atoms with van der Waals surface area (Å²) in [6.45, 7) is 10.4. The quantitative estimate of drug-likeness (QED) is 0.918. The Hall–Kier alpha value is -0.830. The topological polar surface area (TPSA) is 29.9 Å². The van der Waals surface area contributed by atoms with E-state index in [1.165, 1.54) is 49.4 Å². The fraction of sp³-hybridized carbons (Fsp3) is 0.833. The number of fused-ring (bicyclic) bond motifs is 1. The smallest absolute Gasteiger partial charge is 0.109 e. The van der Waals surface area contributed by atoms with E-state index in [0.29, 0.717) is 5.92 Å². The van der Waals surface area contributed by atoms with Crippen LogP contribution in [0.3, 0.4) is 0 Å². The Balaban J connectivity index is 1.85. The molecule has 1 aromatic rings. The summed E-state index contributed by atoms with van der Waals surface area (Å²) in [7, 11) is 0. The van der Waals surface area contributed by atoms with E-state index in [9.17, 15) is 0 Å². The standard InChI is InChI=1S/C18H31N3/c1-13(2)10-18-20-16-11-19-9-8-17(16)21(18)12-15-7-5-4-6-14(15)3/h13-15,19H,4-12H2,1-3H3. The lowest BCUT2D eigenvalue weighted by atomic mass is 9.80. The third kappa shape index (κ3) is 3.33. The van der Waals surface area contributed by atoms with Crippen LogP contribution in [0.25, 0.3) is 0 Å².